The summed E-state index contributed by atoms with van der Waals surface area (Å²) in [5.74, 6) is 0. The highest BCUT2D eigenvalue weighted by Crippen LogP contribution is 2.49. The van der Waals surface area contributed by atoms with Gasteiger partial charge < -0.3 is 10.1 Å². The first-order valence-corrected chi connectivity index (χ1v) is 12.0. The van der Waals surface area contributed by atoms with Crippen LogP contribution in [0.4, 0.5) is 0 Å². The lowest BCUT2D eigenvalue weighted by Gasteiger charge is -2.46. The summed E-state index contributed by atoms with van der Waals surface area (Å²) in [6.45, 7) is 3.65. The minimum absolute atomic E-state index is 0.0924. The van der Waals surface area contributed by atoms with Gasteiger partial charge in [0.05, 0.1) is 16.2 Å². The largest absolute Gasteiger partial charge is 0.375 e. The lowest BCUT2D eigenvalue weighted by molar-refractivity contribution is -0.104. The Hall–Kier alpha value is -1.56. The number of nitrogens with one attached hydrogen (secondary N) is 1. The van der Waals surface area contributed by atoms with Crippen molar-refractivity contribution in [3.05, 3.63) is 52.0 Å². The number of ether oxygens (including phenoxy) is 1. The van der Waals surface area contributed by atoms with Gasteiger partial charge >= 0.3 is 0 Å². The van der Waals surface area contributed by atoms with Gasteiger partial charge in [-0.3, -0.25) is 9.98 Å². The SMILES string of the molecule is c1ccc([C@]2(CCNCC3=NCCc4ccsc43)CCOC3(CCCC3)C2)nc1. The highest BCUT2D eigenvalue weighted by atomic mass is 32.1. The molecule has 2 fully saturated rings. The molecule has 0 aromatic carbocycles. The van der Waals surface area contributed by atoms with E-state index in [0.29, 0.717) is 0 Å². The standard InChI is InChI=1S/C24H31N3OS/c1-4-12-27-21(5-1)23(11-15-28-24(18-23)8-2-3-9-24)10-14-25-17-20-22-19(6-13-26-20)7-16-29-22/h1,4-5,7,12,16,25H,2-3,6,8-11,13-15,17-18H2/t23-/m1/s1. The minimum atomic E-state index is 0.0924. The molecule has 1 aliphatic carbocycles. The summed E-state index contributed by atoms with van der Waals surface area (Å²) in [6.07, 6.45) is 11.4. The number of aromatic nitrogens is 1. The topological polar surface area (TPSA) is 46.5 Å². The summed E-state index contributed by atoms with van der Waals surface area (Å²) < 4.78 is 6.37. The van der Waals surface area contributed by atoms with Crippen LogP contribution in [-0.2, 0) is 16.6 Å². The molecule has 0 radical (unpaired) electrons. The lowest BCUT2D eigenvalue weighted by Crippen LogP contribution is -2.47. The average Bonchev–Trinajstić information content (AvgIpc) is 3.42. The van der Waals surface area contributed by atoms with Crippen LogP contribution in [0.3, 0.4) is 0 Å². The fourth-order valence-corrected chi connectivity index (χ4v) is 6.60. The van der Waals surface area contributed by atoms with E-state index in [0.717, 1.165) is 51.9 Å². The molecule has 0 unspecified atom stereocenters. The predicted octanol–water partition coefficient (Wildman–Crippen LogP) is 4.53. The molecule has 5 rings (SSSR count). The van der Waals surface area contributed by atoms with Crippen LogP contribution >= 0.6 is 11.3 Å². The monoisotopic (exact) mass is 409 g/mol. The van der Waals surface area contributed by atoms with Gasteiger partial charge in [0.15, 0.2) is 0 Å². The predicted molar refractivity (Wildman–Crippen MR) is 119 cm³/mol. The highest BCUT2D eigenvalue weighted by Gasteiger charge is 2.48. The van der Waals surface area contributed by atoms with Crippen LogP contribution < -0.4 is 5.32 Å². The second kappa shape index (κ2) is 8.29. The van der Waals surface area contributed by atoms with E-state index >= 15 is 0 Å². The normalized spacial score (nSPS) is 25.7. The van der Waals surface area contributed by atoms with Gasteiger partial charge in [0.2, 0.25) is 0 Å². The molecular formula is C24H31N3OS. The Kier molecular flexibility index (Phi) is 5.55. The van der Waals surface area contributed by atoms with E-state index in [-0.39, 0.29) is 11.0 Å². The molecule has 154 valence electrons. The molecule has 2 aromatic heterocycles. The molecule has 0 amide bonds. The Labute approximate surface area is 177 Å². The summed E-state index contributed by atoms with van der Waals surface area (Å²) in [5.41, 5.74) is 4.19. The van der Waals surface area contributed by atoms with Crippen LogP contribution in [0.5, 0.6) is 0 Å². The molecule has 1 atom stereocenters. The Balaban J connectivity index is 1.28. The molecule has 4 nitrogen and oxygen atoms in total. The van der Waals surface area contributed by atoms with Gasteiger partial charge in [-0.15, -0.1) is 11.3 Å². The number of rotatable bonds is 6. The van der Waals surface area contributed by atoms with Crippen LogP contribution in [0, 0.1) is 0 Å². The first-order chi connectivity index (χ1) is 14.3. The van der Waals surface area contributed by atoms with E-state index in [1.54, 1.807) is 0 Å². The zero-order valence-corrected chi connectivity index (χ0v) is 18.0. The van der Waals surface area contributed by atoms with Crippen molar-refractivity contribution in [2.24, 2.45) is 4.99 Å². The fourth-order valence-electron chi connectivity index (χ4n) is 5.64. The van der Waals surface area contributed by atoms with Gasteiger partial charge in [0, 0.05) is 37.0 Å². The van der Waals surface area contributed by atoms with E-state index < -0.39 is 0 Å². The number of nitrogens with zero attached hydrogens (tertiary/aromatic N) is 2. The van der Waals surface area contributed by atoms with Gasteiger partial charge in [-0.05, 0) is 74.2 Å². The second-order valence-corrected chi connectivity index (χ2v) is 9.86. The summed E-state index contributed by atoms with van der Waals surface area (Å²) in [7, 11) is 0. The minimum Gasteiger partial charge on any atom is -0.375 e. The number of thiophene rings is 1. The van der Waals surface area contributed by atoms with E-state index in [1.165, 1.54) is 47.5 Å². The third kappa shape index (κ3) is 3.92. The third-order valence-corrected chi connectivity index (χ3v) is 8.14. The van der Waals surface area contributed by atoms with Gasteiger partial charge in [0.1, 0.15) is 0 Å². The fraction of sp³-hybridized carbons (Fsp3) is 0.583. The van der Waals surface area contributed by atoms with E-state index in [4.69, 9.17) is 14.7 Å². The molecule has 4 heterocycles. The Morgan fingerprint density at radius 1 is 1.14 bits per heavy atom. The van der Waals surface area contributed by atoms with Crippen molar-refractivity contribution in [2.45, 2.75) is 62.4 Å². The molecule has 5 heteroatoms. The van der Waals surface area contributed by atoms with Crippen LogP contribution in [0.15, 0.2) is 40.8 Å². The molecule has 3 aliphatic rings. The third-order valence-electron chi connectivity index (χ3n) is 7.14. The van der Waals surface area contributed by atoms with Gasteiger partial charge in [-0.2, -0.15) is 0 Å². The number of fused-ring (bicyclic) bond motifs is 1. The second-order valence-electron chi connectivity index (χ2n) is 8.94. The summed E-state index contributed by atoms with van der Waals surface area (Å²) in [6, 6.07) is 8.66. The first kappa shape index (κ1) is 19.4. The Morgan fingerprint density at radius 2 is 2.07 bits per heavy atom. The zero-order valence-electron chi connectivity index (χ0n) is 17.2. The van der Waals surface area contributed by atoms with Crippen molar-refractivity contribution >= 4 is 17.0 Å². The number of hydrogen-bond acceptors (Lipinski definition) is 5. The molecule has 1 spiro atoms. The van der Waals surface area contributed by atoms with Gasteiger partial charge in [-0.25, -0.2) is 0 Å². The average molecular weight is 410 g/mol. The van der Waals surface area contributed by atoms with Crippen molar-refractivity contribution in [1.82, 2.24) is 10.3 Å². The molecule has 29 heavy (non-hydrogen) atoms. The van der Waals surface area contributed by atoms with Crippen LogP contribution in [0.2, 0.25) is 0 Å². The van der Waals surface area contributed by atoms with E-state index in [2.05, 4.69) is 28.9 Å². The van der Waals surface area contributed by atoms with Gasteiger partial charge in [0.25, 0.3) is 0 Å². The van der Waals surface area contributed by atoms with Crippen molar-refractivity contribution < 1.29 is 4.74 Å². The molecule has 1 saturated carbocycles. The smallest absolute Gasteiger partial charge is 0.0691 e. The van der Waals surface area contributed by atoms with Crippen LogP contribution in [0.25, 0.3) is 0 Å². The van der Waals surface area contributed by atoms with Gasteiger partial charge in [-0.1, -0.05) is 18.9 Å². The van der Waals surface area contributed by atoms with Crippen molar-refractivity contribution in [3.63, 3.8) is 0 Å². The van der Waals surface area contributed by atoms with Crippen LogP contribution in [0.1, 0.15) is 61.1 Å². The molecule has 1 N–H and O–H groups in total. The highest BCUT2D eigenvalue weighted by molar-refractivity contribution is 7.12. The Bertz CT molecular complexity index is 856. The quantitative estimate of drug-likeness (QED) is 0.713. The molecule has 2 aliphatic heterocycles. The lowest BCUT2D eigenvalue weighted by atomic mass is 9.68. The summed E-state index contributed by atoms with van der Waals surface area (Å²) in [4.78, 5) is 11.0. The number of aliphatic imine (C=N–C) groups is 1. The zero-order chi connectivity index (χ0) is 19.6. The summed E-state index contributed by atoms with van der Waals surface area (Å²) >= 11 is 1.83. The number of hydrogen-bond donors (Lipinski definition) is 1. The van der Waals surface area contributed by atoms with Crippen molar-refractivity contribution in [1.29, 1.82) is 0 Å². The molecule has 2 aromatic rings. The maximum absolute atomic E-state index is 6.37. The first-order valence-electron chi connectivity index (χ1n) is 11.2. The summed E-state index contributed by atoms with van der Waals surface area (Å²) in [5, 5.41) is 5.91. The molecule has 1 saturated heterocycles. The van der Waals surface area contributed by atoms with E-state index in [9.17, 15) is 0 Å². The Morgan fingerprint density at radius 3 is 2.93 bits per heavy atom. The molecule has 0 bridgehead atoms. The maximum atomic E-state index is 6.37. The van der Waals surface area contributed by atoms with Crippen molar-refractivity contribution in [3.8, 4) is 0 Å². The number of pyridine rings is 1. The maximum Gasteiger partial charge on any atom is 0.0691 e. The molecular weight excluding hydrogens is 378 g/mol. The van der Waals surface area contributed by atoms with E-state index in [1.807, 2.05) is 23.6 Å². The van der Waals surface area contributed by atoms with Crippen molar-refractivity contribution in [2.75, 3.05) is 26.2 Å². The van der Waals surface area contributed by atoms with Crippen LogP contribution in [-0.4, -0.2) is 42.5 Å².